The van der Waals surface area contributed by atoms with Gasteiger partial charge in [-0.1, -0.05) is 64.1 Å². The number of fused-ring (bicyclic) bond motifs is 1. The second kappa shape index (κ2) is 9.28. The molecule has 0 aliphatic rings. The van der Waals surface area contributed by atoms with E-state index in [1.807, 2.05) is 79.7 Å². The molecular weight excluding hydrogens is 460 g/mol. The first kappa shape index (κ1) is 20.4. The molecule has 3 aromatic carbocycles. The Morgan fingerprint density at radius 3 is 2.47 bits per heavy atom. The van der Waals surface area contributed by atoms with Gasteiger partial charge in [-0.25, -0.2) is 10.4 Å². The van der Waals surface area contributed by atoms with Crippen molar-refractivity contribution in [2.24, 2.45) is 5.10 Å². The van der Waals surface area contributed by atoms with Crippen LogP contribution in [0.3, 0.4) is 0 Å². The summed E-state index contributed by atoms with van der Waals surface area (Å²) in [5, 5.41) is 5.09. The van der Waals surface area contributed by atoms with E-state index in [0.29, 0.717) is 5.56 Å². The summed E-state index contributed by atoms with van der Waals surface area (Å²) < 4.78 is 1.00. The highest BCUT2D eigenvalue weighted by Gasteiger charge is 2.07. The van der Waals surface area contributed by atoms with Gasteiger partial charge in [-0.3, -0.25) is 4.79 Å². The lowest BCUT2D eigenvalue weighted by Crippen LogP contribution is -2.19. The standard InChI is InChI=1S/C23H19BrN4OS/c1-15(17-10-12-19(24)13-11-17)27-28-22(29)18-8-6-16(7-9-18)14-30-23-25-20-4-2-3-5-21(20)26-23/h2-13H,14H2,1H3,(H,25,26)(H,28,29). The molecule has 150 valence electrons. The summed E-state index contributed by atoms with van der Waals surface area (Å²) in [7, 11) is 0. The van der Waals surface area contributed by atoms with Gasteiger partial charge >= 0.3 is 0 Å². The second-order valence-corrected chi connectivity index (χ2v) is 8.57. The van der Waals surface area contributed by atoms with Gasteiger partial charge in [0.05, 0.1) is 16.7 Å². The molecule has 0 aliphatic carbocycles. The Morgan fingerprint density at radius 2 is 1.73 bits per heavy atom. The van der Waals surface area contributed by atoms with Gasteiger partial charge in [0.15, 0.2) is 5.16 Å². The second-order valence-electron chi connectivity index (χ2n) is 6.69. The van der Waals surface area contributed by atoms with Crippen LogP contribution in [0.2, 0.25) is 0 Å². The number of para-hydroxylation sites is 2. The van der Waals surface area contributed by atoms with E-state index in [2.05, 4.69) is 36.4 Å². The molecule has 0 spiro atoms. The van der Waals surface area contributed by atoms with Crippen LogP contribution in [0.15, 0.2) is 87.5 Å². The molecule has 5 nitrogen and oxygen atoms in total. The van der Waals surface area contributed by atoms with Gasteiger partial charge < -0.3 is 4.98 Å². The molecule has 0 atom stereocenters. The summed E-state index contributed by atoms with van der Waals surface area (Å²) in [4.78, 5) is 20.3. The maximum atomic E-state index is 12.4. The van der Waals surface area contributed by atoms with Crippen LogP contribution in [0.1, 0.15) is 28.4 Å². The van der Waals surface area contributed by atoms with Crippen LogP contribution in [0.25, 0.3) is 11.0 Å². The Labute approximate surface area is 187 Å². The van der Waals surface area contributed by atoms with Crippen LogP contribution in [0.4, 0.5) is 0 Å². The minimum absolute atomic E-state index is 0.233. The SMILES string of the molecule is CC(=NNC(=O)c1ccc(CSc2nc3ccccc3[nH]2)cc1)c1ccc(Br)cc1. The van der Waals surface area contributed by atoms with Gasteiger partial charge in [0.1, 0.15) is 0 Å². The first-order valence-corrected chi connectivity index (χ1v) is 11.1. The number of amides is 1. The molecule has 4 rings (SSSR count). The topological polar surface area (TPSA) is 70.1 Å². The first-order chi connectivity index (χ1) is 14.6. The fourth-order valence-electron chi connectivity index (χ4n) is 2.86. The van der Waals surface area contributed by atoms with E-state index < -0.39 is 0 Å². The lowest BCUT2D eigenvalue weighted by molar-refractivity contribution is 0.0955. The third kappa shape index (κ3) is 4.98. The third-order valence-corrected chi connectivity index (χ3v) is 6.02. The lowest BCUT2D eigenvalue weighted by Gasteiger charge is -2.05. The van der Waals surface area contributed by atoms with Gasteiger partial charge in [0.25, 0.3) is 5.91 Å². The maximum Gasteiger partial charge on any atom is 0.271 e. The number of nitrogens with one attached hydrogen (secondary N) is 2. The molecule has 0 fully saturated rings. The Bertz CT molecular complexity index is 1170. The van der Waals surface area contributed by atoms with Crippen molar-refractivity contribution in [1.82, 2.24) is 15.4 Å². The molecule has 1 amide bonds. The number of hydrazone groups is 1. The van der Waals surface area contributed by atoms with E-state index in [-0.39, 0.29) is 5.91 Å². The maximum absolute atomic E-state index is 12.4. The molecule has 0 aliphatic heterocycles. The molecule has 0 saturated carbocycles. The predicted octanol–water partition coefficient (Wildman–Crippen LogP) is 5.77. The molecule has 2 N–H and O–H groups in total. The Balaban J connectivity index is 1.34. The summed E-state index contributed by atoms with van der Waals surface area (Å²) in [6.45, 7) is 1.86. The van der Waals surface area contributed by atoms with Crippen LogP contribution in [0.5, 0.6) is 0 Å². The molecule has 30 heavy (non-hydrogen) atoms. The molecular formula is C23H19BrN4OS. The highest BCUT2D eigenvalue weighted by Crippen LogP contribution is 2.23. The number of carbonyl (C=O) groups excluding carboxylic acids is 1. The van der Waals surface area contributed by atoms with Crippen LogP contribution in [0, 0.1) is 0 Å². The van der Waals surface area contributed by atoms with Gasteiger partial charge in [-0.15, -0.1) is 0 Å². The average molecular weight is 479 g/mol. The fourth-order valence-corrected chi connectivity index (χ4v) is 3.96. The summed E-state index contributed by atoms with van der Waals surface area (Å²) in [5.74, 6) is 0.533. The molecule has 0 radical (unpaired) electrons. The van der Waals surface area contributed by atoms with Crippen LogP contribution in [-0.2, 0) is 5.75 Å². The summed E-state index contributed by atoms with van der Waals surface area (Å²) in [6.07, 6.45) is 0. The van der Waals surface area contributed by atoms with Gasteiger partial charge in [-0.2, -0.15) is 5.10 Å². The fraction of sp³-hybridized carbons (Fsp3) is 0.0870. The zero-order chi connectivity index (χ0) is 20.9. The quantitative estimate of drug-likeness (QED) is 0.210. The van der Waals surface area contributed by atoms with Gasteiger partial charge in [0.2, 0.25) is 0 Å². The van der Waals surface area contributed by atoms with E-state index >= 15 is 0 Å². The highest BCUT2D eigenvalue weighted by molar-refractivity contribution is 9.10. The number of aromatic amines is 1. The van der Waals surface area contributed by atoms with Crippen LogP contribution < -0.4 is 5.43 Å². The van der Waals surface area contributed by atoms with Crippen molar-refractivity contribution in [2.45, 2.75) is 17.8 Å². The zero-order valence-corrected chi connectivity index (χ0v) is 18.6. The number of nitrogens with zero attached hydrogens (tertiary/aromatic N) is 2. The lowest BCUT2D eigenvalue weighted by atomic mass is 10.1. The minimum Gasteiger partial charge on any atom is -0.333 e. The number of imidazole rings is 1. The normalized spacial score (nSPS) is 11.6. The average Bonchev–Trinajstić information content (AvgIpc) is 3.20. The summed E-state index contributed by atoms with van der Waals surface area (Å²) >= 11 is 5.04. The minimum atomic E-state index is -0.233. The van der Waals surface area contributed by atoms with Crippen molar-refractivity contribution < 1.29 is 4.79 Å². The highest BCUT2D eigenvalue weighted by atomic mass is 79.9. The van der Waals surface area contributed by atoms with Crippen molar-refractivity contribution in [3.8, 4) is 0 Å². The van der Waals surface area contributed by atoms with Gasteiger partial charge in [0, 0.05) is 15.8 Å². The van der Waals surface area contributed by atoms with E-state index in [1.54, 1.807) is 11.8 Å². The number of hydrogen-bond donors (Lipinski definition) is 2. The molecule has 0 saturated heterocycles. The largest absolute Gasteiger partial charge is 0.333 e. The smallest absolute Gasteiger partial charge is 0.271 e. The number of carbonyl (C=O) groups is 1. The van der Waals surface area contributed by atoms with E-state index in [9.17, 15) is 4.79 Å². The van der Waals surface area contributed by atoms with Gasteiger partial charge in [-0.05, 0) is 54.4 Å². The number of aromatic nitrogens is 2. The molecule has 1 aromatic heterocycles. The molecule has 0 bridgehead atoms. The summed E-state index contributed by atoms with van der Waals surface area (Å²) in [6, 6.07) is 23.3. The van der Waals surface area contributed by atoms with E-state index in [4.69, 9.17) is 0 Å². The zero-order valence-electron chi connectivity index (χ0n) is 16.2. The van der Waals surface area contributed by atoms with Crippen molar-refractivity contribution in [2.75, 3.05) is 0 Å². The van der Waals surface area contributed by atoms with Crippen molar-refractivity contribution >= 4 is 50.3 Å². The molecule has 4 aromatic rings. The monoisotopic (exact) mass is 478 g/mol. The first-order valence-electron chi connectivity index (χ1n) is 9.35. The third-order valence-electron chi connectivity index (χ3n) is 4.55. The Morgan fingerprint density at radius 1 is 1.03 bits per heavy atom. The predicted molar refractivity (Wildman–Crippen MR) is 126 cm³/mol. The van der Waals surface area contributed by atoms with E-state index in [0.717, 1.165) is 43.3 Å². The van der Waals surface area contributed by atoms with Crippen molar-refractivity contribution in [3.63, 3.8) is 0 Å². The number of halogens is 1. The molecule has 1 heterocycles. The Kier molecular flexibility index (Phi) is 6.30. The Hall–Kier alpha value is -2.90. The molecule has 7 heteroatoms. The number of benzene rings is 3. The number of hydrogen-bond acceptors (Lipinski definition) is 4. The number of thioether (sulfide) groups is 1. The molecule has 0 unspecified atom stereocenters. The summed E-state index contributed by atoms with van der Waals surface area (Å²) in [5.41, 5.74) is 8.00. The van der Waals surface area contributed by atoms with Crippen molar-refractivity contribution in [3.05, 3.63) is 94.0 Å². The van der Waals surface area contributed by atoms with Crippen LogP contribution in [-0.4, -0.2) is 21.6 Å². The van der Waals surface area contributed by atoms with E-state index in [1.165, 1.54) is 0 Å². The number of rotatable bonds is 6. The number of H-pyrrole nitrogens is 1. The van der Waals surface area contributed by atoms with Crippen LogP contribution >= 0.6 is 27.7 Å². The van der Waals surface area contributed by atoms with Crippen molar-refractivity contribution in [1.29, 1.82) is 0 Å².